The van der Waals surface area contributed by atoms with Gasteiger partial charge in [0.2, 0.25) is 0 Å². The highest BCUT2D eigenvalue weighted by atomic mass is 32.1. The van der Waals surface area contributed by atoms with Gasteiger partial charge in [-0.15, -0.1) is 11.3 Å². The number of benzene rings is 10. The molecule has 12 aromatic rings. The Labute approximate surface area is 370 Å². The molecule has 0 fully saturated rings. The molecular formula is C60H40N2S. The summed E-state index contributed by atoms with van der Waals surface area (Å²) in [5, 5.41) is 5.09. The van der Waals surface area contributed by atoms with Gasteiger partial charge in [-0.05, 0) is 99.6 Å². The second-order valence-electron chi connectivity index (χ2n) is 16.1. The average Bonchev–Trinajstić information content (AvgIpc) is 3.91. The molecule has 2 nitrogen and oxygen atoms in total. The second-order valence-corrected chi connectivity index (χ2v) is 17.2. The van der Waals surface area contributed by atoms with E-state index in [2.05, 4.69) is 252 Å². The Hall–Kier alpha value is -7.98. The van der Waals surface area contributed by atoms with Crippen molar-refractivity contribution in [1.29, 1.82) is 0 Å². The van der Waals surface area contributed by atoms with Gasteiger partial charge in [0.25, 0.3) is 0 Å². The molecule has 0 amide bonds. The highest BCUT2D eigenvalue weighted by molar-refractivity contribution is 7.26. The van der Waals surface area contributed by atoms with Crippen LogP contribution in [0.3, 0.4) is 0 Å². The van der Waals surface area contributed by atoms with E-state index < -0.39 is 0 Å². The molecule has 0 unspecified atom stereocenters. The van der Waals surface area contributed by atoms with E-state index in [1.807, 2.05) is 11.3 Å². The zero-order chi connectivity index (χ0) is 41.7. The molecule has 0 saturated carbocycles. The van der Waals surface area contributed by atoms with Crippen molar-refractivity contribution in [1.82, 2.24) is 4.57 Å². The van der Waals surface area contributed by atoms with E-state index in [0.717, 1.165) is 11.4 Å². The van der Waals surface area contributed by atoms with Crippen LogP contribution in [0.4, 0.5) is 17.1 Å². The lowest BCUT2D eigenvalue weighted by Crippen LogP contribution is -2.10. The van der Waals surface area contributed by atoms with Crippen molar-refractivity contribution in [3.05, 3.63) is 243 Å². The third-order valence-corrected chi connectivity index (χ3v) is 13.6. The number of fused-ring (bicyclic) bond motifs is 6. The van der Waals surface area contributed by atoms with Crippen molar-refractivity contribution in [2.24, 2.45) is 0 Å². The van der Waals surface area contributed by atoms with E-state index in [4.69, 9.17) is 0 Å². The second kappa shape index (κ2) is 15.5. The molecule has 2 aromatic heterocycles. The number of anilines is 3. The number of aromatic nitrogens is 1. The molecule has 0 aliphatic heterocycles. The molecule has 0 atom stereocenters. The lowest BCUT2D eigenvalue weighted by Gasteiger charge is -2.27. The maximum absolute atomic E-state index is 2.42. The van der Waals surface area contributed by atoms with Gasteiger partial charge in [-0.25, -0.2) is 0 Å². The minimum Gasteiger partial charge on any atom is -0.310 e. The summed E-state index contributed by atoms with van der Waals surface area (Å²) in [6.07, 6.45) is 0. The lowest BCUT2D eigenvalue weighted by atomic mass is 9.98. The molecule has 0 spiro atoms. The van der Waals surface area contributed by atoms with Crippen LogP contribution >= 0.6 is 11.3 Å². The summed E-state index contributed by atoms with van der Waals surface area (Å²) in [5.74, 6) is 0. The molecule has 10 aromatic carbocycles. The first kappa shape index (κ1) is 36.8. The molecule has 0 aliphatic rings. The SMILES string of the molecule is c1ccc(-c2ccc(-c3ccc(N(c4ccc(-c5ccc(-c6ccccc6-n6c7ccccc7c7ccccc76)cc5)cc4)c4cccc5sc6ccccc6c45)cc3)cc2)cc1. The molecule has 0 radical (unpaired) electrons. The third kappa shape index (κ3) is 6.50. The molecule has 63 heavy (non-hydrogen) atoms. The minimum atomic E-state index is 1.11. The Morgan fingerprint density at radius 2 is 0.730 bits per heavy atom. The third-order valence-electron chi connectivity index (χ3n) is 12.5. The smallest absolute Gasteiger partial charge is 0.0554 e. The fourth-order valence-electron chi connectivity index (χ4n) is 9.40. The van der Waals surface area contributed by atoms with Gasteiger partial charge in [-0.1, -0.05) is 182 Å². The average molecular weight is 821 g/mol. The zero-order valence-electron chi connectivity index (χ0n) is 34.4. The minimum absolute atomic E-state index is 1.11. The van der Waals surface area contributed by atoms with E-state index in [-0.39, 0.29) is 0 Å². The highest BCUT2D eigenvalue weighted by Crippen LogP contribution is 2.45. The topological polar surface area (TPSA) is 8.17 Å². The van der Waals surface area contributed by atoms with Crippen molar-refractivity contribution in [3.63, 3.8) is 0 Å². The normalized spacial score (nSPS) is 11.5. The van der Waals surface area contributed by atoms with Gasteiger partial charge >= 0.3 is 0 Å². The Balaban J connectivity index is 0.898. The maximum Gasteiger partial charge on any atom is 0.0554 e. The van der Waals surface area contributed by atoms with Crippen molar-refractivity contribution < 1.29 is 0 Å². The Kier molecular flexibility index (Phi) is 9.06. The van der Waals surface area contributed by atoms with Crippen molar-refractivity contribution in [2.75, 3.05) is 4.90 Å². The number of nitrogens with zero attached hydrogens (tertiary/aromatic N) is 2. The molecule has 2 heterocycles. The van der Waals surface area contributed by atoms with E-state index >= 15 is 0 Å². The van der Waals surface area contributed by atoms with Crippen molar-refractivity contribution in [2.45, 2.75) is 0 Å². The van der Waals surface area contributed by atoms with Crippen LogP contribution in [0.25, 0.3) is 92.2 Å². The summed E-state index contributed by atoms with van der Waals surface area (Å²) in [5.41, 5.74) is 16.6. The largest absolute Gasteiger partial charge is 0.310 e. The van der Waals surface area contributed by atoms with Crippen LogP contribution in [0.1, 0.15) is 0 Å². The maximum atomic E-state index is 2.42. The first-order valence-electron chi connectivity index (χ1n) is 21.5. The molecule has 0 bridgehead atoms. The van der Waals surface area contributed by atoms with Crippen LogP contribution < -0.4 is 4.90 Å². The van der Waals surface area contributed by atoms with E-state index in [1.165, 1.54) is 97.9 Å². The molecule has 0 saturated heterocycles. The Morgan fingerprint density at radius 3 is 1.32 bits per heavy atom. The first-order chi connectivity index (χ1) is 31.2. The molecule has 12 rings (SSSR count). The number of hydrogen-bond acceptors (Lipinski definition) is 2. The standard InChI is InChI=1S/C60H40N2S/c1-2-13-41(14-3-1)42-25-27-43(28-26-42)45-33-37-48(38-34-45)61(57-22-12-24-59-60(57)53-18-7-11-23-58(53)63-59)49-39-35-46(36-40-49)44-29-31-47(32-30-44)50-15-4-8-19-54(50)62-55-20-9-5-16-51(55)52-17-6-10-21-56(52)62/h1-40H. The van der Waals surface area contributed by atoms with Gasteiger partial charge in [0.05, 0.1) is 22.4 Å². The zero-order valence-corrected chi connectivity index (χ0v) is 35.2. The fraction of sp³-hybridized carbons (Fsp3) is 0. The first-order valence-corrected chi connectivity index (χ1v) is 22.3. The number of hydrogen-bond donors (Lipinski definition) is 0. The summed E-state index contributed by atoms with van der Waals surface area (Å²) < 4.78 is 4.99. The number of para-hydroxylation sites is 3. The van der Waals surface area contributed by atoms with E-state index in [9.17, 15) is 0 Å². The van der Waals surface area contributed by atoms with E-state index in [1.54, 1.807) is 0 Å². The fourth-order valence-corrected chi connectivity index (χ4v) is 10.5. The predicted molar refractivity (Wildman–Crippen MR) is 270 cm³/mol. The van der Waals surface area contributed by atoms with E-state index in [0.29, 0.717) is 0 Å². The summed E-state index contributed by atoms with van der Waals surface area (Å²) in [6, 6.07) is 88.2. The lowest BCUT2D eigenvalue weighted by molar-refractivity contribution is 1.18. The van der Waals surface area contributed by atoms with Crippen LogP contribution in [-0.2, 0) is 0 Å². The van der Waals surface area contributed by atoms with Crippen molar-refractivity contribution in [3.8, 4) is 50.2 Å². The summed E-state index contributed by atoms with van der Waals surface area (Å²) in [7, 11) is 0. The van der Waals surface area contributed by atoms with Crippen LogP contribution in [0, 0.1) is 0 Å². The highest BCUT2D eigenvalue weighted by Gasteiger charge is 2.20. The summed E-state index contributed by atoms with van der Waals surface area (Å²) in [4.78, 5) is 2.42. The van der Waals surface area contributed by atoms with Gasteiger partial charge in [-0.2, -0.15) is 0 Å². The van der Waals surface area contributed by atoms with Gasteiger partial charge in [-0.3, -0.25) is 0 Å². The number of rotatable bonds is 8. The summed E-state index contributed by atoms with van der Waals surface area (Å²) >= 11 is 1.85. The van der Waals surface area contributed by atoms with Gasteiger partial charge in [0.1, 0.15) is 0 Å². The van der Waals surface area contributed by atoms with Crippen LogP contribution in [-0.4, -0.2) is 4.57 Å². The van der Waals surface area contributed by atoms with Gasteiger partial charge < -0.3 is 9.47 Å². The van der Waals surface area contributed by atoms with Crippen LogP contribution in [0.5, 0.6) is 0 Å². The van der Waals surface area contributed by atoms with Gasteiger partial charge in [0, 0.05) is 47.9 Å². The number of thiophene rings is 1. The quantitative estimate of drug-likeness (QED) is 0.148. The molecule has 296 valence electrons. The molecular weight excluding hydrogens is 781 g/mol. The molecule has 0 aliphatic carbocycles. The Morgan fingerprint density at radius 1 is 0.302 bits per heavy atom. The molecule has 3 heteroatoms. The predicted octanol–water partition coefficient (Wildman–Crippen LogP) is 17.3. The van der Waals surface area contributed by atoms with Crippen LogP contribution in [0.2, 0.25) is 0 Å². The monoisotopic (exact) mass is 820 g/mol. The molecule has 0 N–H and O–H groups in total. The summed E-state index contributed by atoms with van der Waals surface area (Å²) in [6.45, 7) is 0. The Bertz CT molecular complexity index is 3530. The van der Waals surface area contributed by atoms with Gasteiger partial charge in [0.15, 0.2) is 0 Å². The van der Waals surface area contributed by atoms with Crippen LogP contribution in [0.15, 0.2) is 243 Å². The van der Waals surface area contributed by atoms with Crippen molar-refractivity contribution >= 4 is 70.4 Å².